The van der Waals surface area contributed by atoms with Crippen LogP contribution in [0.5, 0.6) is 5.75 Å². The normalized spacial score (nSPS) is 15.4. The number of allylic oxidation sites excluding steroid dienone is 1. The second kappa shape index (κ2) is 4.09. The van der Waals surface area contributed by atoms with Gasteiger partial charge in [-0.25, -0.2) is 0 Å². The highest BCUT2D eigenvalue weighted by Gasteiger charge is 2.27. The van der Waals surface area contributed by atoms with E-state index in [1.807, 2.05) is 0 Å². The summed E-state index contributed by atoms with van der Waals surface area (Å²) < 4.78 is 10.3. The van der Waals surface area contributed by atoms with E-state index in [-0.39, 0.29) is 23.2 Å². The van der Waals surface area contributed by atoms with E-state index in [0.717, 1.165) is 0 Å². The number of carbonyl (C=O) groups is 1. The van der Waals surface area contributed by atoms with Crippen molar-refractivity contribution in [3.8, 4) is 5.75 Å². The number of para-hydroxylation sites is 1. The lowest BCUT2D eigenvalue weighted by atomic mass is 10.1. The number of carbonyl (C=O) groups excluding carboxylic acids is 1. The highest BCUT2D eigenvalue weighted by atomic mass is 16.6. The van der Waals surface area contributed by atoms with Crippen LogP contribution in [-0.2, 0) is 0 Å². The zero-order valence-corrected chi connectivity index (χ0v) is 9.53. The number of hydrogen-bond donors (Lipinski definition) is 0. The van der Waals surface area contributed by atoms with Crippen molar-refractivity contribution in [2.75, 3.05) is 0 Å². The molecular formula is C13H7NO5. The molecular weight excluding hydrogens is 250 g/mol. The molecule has 2 heterocycles. The zero-order valence-electron chi connectivity index (χ0n) is 9.53. The minimum absolute atomic E-state index is 0.0884. The van der Waals surface area contributed by atoms with Gasteiger partial charge in [0.2, 0.25) is 5.78 Å². The monoisotopic (exact) mass is 257 g/mol. The van der Waals surface area contributed by atoms with Crippen molar-refractivity contribution >= 4 is 17.7 Å². The number of benzene rings is 1. The largest absolute Gasteiger partial charge is 0.452 e. The number of ether oxygens (including phenoxy) is 1. The molecule has 0 saturated carbocycles. The molecule has 1 aliphatic rings. The number of Topliss-reactive ketones (excluding diaryl/α,β-unsaturated/α-hetero) is 1. The average Bonchev–Trinajstić information content (AvgIpc) is 2.97. The van der Waals surface area contributed by atoms with Gasteiger partial charge in [0.05, 0.1) is 11.6 Å². The summed E-state index contributed by atoms with van der Waals surface area (Å²) in [5.41, 5.74) is 0.467. The van der Waals surface area contributed by atoms with Gasteiger partial charge < -0.3 is 9.15 Å². The fourth-order valence-electron chi connectivity index (χ4n) is 1.78. The summed E-state index contributed by atoms with van der Waals surface area (Å²) in [7, 11) is 0. The van der Waals surface area contributed by atoms with Gasteiger partial charge in [0.25, 0.3) is 0 Å². The van der Waals surface area contributed by atoms with Crippen LogP contribution < -0.4 is 4.74 Å². The number of nitrogens with zero attached hydrogens (tertiary/aromatic N) is 1. The van der Waals surface area contributed by atoms with E-state index in [1.54, 1.807) is 24.3 Å². The third-order valence-electron chi connectivity index (χ3n) is 2.64. The standard InChI is InChI=1S/C13H7NO5/c15-13-9-3-1-2-4-10(9)19-11(13)7-8-5-6-12(18-8)14(16)17/h1-7H. The van der Waals surface area contributed by atoms with Crippen LogP contribution >= 0.6 is 0 Å². The first-order valence-electron chi connectivity index (χ1n) is 5.42. The third kappa shape index (κ3) is 1.89. The van der Waals surface area contributed by atoms with E-state index in [1.165, 1.54) is 18.2 Å². The maximum absolute atomic E-state index is 12.0. The zero-order chi connectivity index (χ0) is 13.4. The van der Waals surface area contributed by atoms with E-state index in [4.69, 9.17) is 9.15 Å². The predicted octanol–water partition coefficient (Wildman–Crippen LogP) is 2.80. The van der Waals surface area contributed by atoms with Gasteiger partial charge in [-0.1, -0.05) is 12.1 Å². The molecule has 0 aliphatic carbocycles. The summed E-state index contributed by atoms with van der Waals surface area (Å²) in [6, 6.07) is 9.46. The van der Waals surface area contributed by atoms with Crippen molar-refractivity contribution < 1.29 is 18.9 Å². The Balaban J connectivity index is 1.94. The molecule has 0 fully saturated rings. The fraction of sp³-hybridized carbons (Fsp3) is 0. The summed E-state index contributed by atoms with van der Waals surface area (Å²) in [5.74, 6) is 0.109. The van der Waals surface area contributed by atoms with Crippen LogP contribution in [0.3, 0.4) is 0 Å². The molecule has 1 aromatic heterocycles. The number of fused-ring (bicyclic) bond motifs is 1. The van der Waals surface area contributed by atoms with Crippen molar-refractivity contribution in [2.45, 2.75) is 0 Å². The van der Waals surface area contributed by atoms with Crippen LogP contribution in [0.15, 0.2) is 46.6 Å². The Morgan fingerprint density at radius 3 is 2.63 bits per heavy atom. The molecule has 0 unspecified atom stereocenters. The van der Waals surface area contributed by atoms with Gasteiger partial charge in [0.15, 0.2) is 5.76 Å². The Kier molecular flexibility index (Phi) is 2.42. The van der Waals surface area contributed by atoms with Crippen LogP contribution in [0, 0.1) is 10.1 Å². The molecule has 0 N–H and O–H groups in total. The molecule has 0 saturated heterocycles. The number of nitro groups is 1. The molecule has 3 rings (SSSR count). The second-order valence-electron chi connectivity index (χ2n) is 3.87. The lowest BCUT2D eigenvalue weighted by Crippen LogP contribution is -1.97. The Morgan fingerprint density at radius 2 is 1.95 bits per heavy atom. The molecule has 0 spiro atoms. The maximum Gasteiger partial charge on any atom is 0.433 e. The van der Waals surface area contributed by atoms with Gasteiger partial charge in [-0.2, -0.15) is 0 Å². The van der Waals surface area contributed by atoms with E-state index in [9.17, 15) is 14.9 Å². The van der Waals surface area contributed by atoms with Crippen molar-refractivity contribution in [3.05, 3.63) is 63.6 Å². The Hall–Kier alpha value is -2.89. The summed E-state index contributed by atoms with van der Waals surface area (Å²) in [6.07, 6.45) is 1.34. The minimum Gasteiger partial charge on any atom is -0.452 e. The van der Waals surface area contributed by atoms with Crippen LogP contribution in [0.2, 0.25) is 0 Å². The van der Waals surface area contributed by atoms with E-state index in [2.05, 4.69) is 0 Å². The number of hydrogen-bond acceptors (Lipinski definition) is 5. The second-order valence-corrected chi connectivity index (χ2v) is 3.87. The van der Waals surface area contributed by atoms with Crippen LogP contribution in [-0.4, -0.2) is 10.7 Å². The van der Waals surface area contributed by atoms with Crippen LogP contribution in [0.1, 0.15) is 16.1 Å². The summed E-state index contributed by atoms with van der Waals surface area (Å²) in [4.78, 5) is 21.8. The van der Waals surface area contributed by atoms with Gasteiger partial charge >= 0.3 is 5.88 Å². The topological polar surface area (TPSA) is 82.6 Å². The van der Waals surface area contributed by atoms with E-state index in [0.29, 0.717) is 11.3 Å². The maximum atomic E-state index is 12.0. The summed E-state index contributed by atoms with van der Waals surface area (Å²) >= 11 is 0. The molecule has 0 atom stereocenters. The Bertz CT molecular complexity index is 713. The molecule has 0 bridgehead atoms. The van der Waals surface area contributed by atoms with Crippen molar-refractivity contribution in [1.29, 1.82) is 0 Å². The molecule has 1 aliphatic heterocycles. The van der Waals surface area contributed by atoms with E-state index >= 15 is 0 Å². The molecule has 0 radical (unpaired) electrons. The fourth-order valence-corrected chi connectivity index (χ4v) is 1.78. The predicted molar refractivity (Wildman–Crippen MR) is 64.7 cm³/mol. The van der Waals surface area contributed by atoms with Gasteiger partial charge in [-0.05, 0) is 18.2 Å². The van der Waals surface area contributed by atoms with Gasteiger partial charge in [0.1, 0.15) is 16.4 Å². The van der Waals surface area contributed by atoms with Crippen molar-refractivity contribution in [2.24, 2.45) is 0 Å². The van der Waals surface area contributed by atoms with Crippen LogP contribution in [0.4, 0.5) is 5.88 Å². The smallest absolute Gasteiger partial charge is 0.433 e. The number of rotatable bonds is 2. The molecule has 1 aromatic carbocycles. The molecule has 94 valence electrons. The van der Waals surface area contributed by atoms with Crippen molar-refractivity contribution in [1.82, 2.24) is 0 Å². The molecule has 6 nitrogen and oxygen atoms in total. The van der Waals surface area contributed by atoms with Gasteiger partial charge in [-0.15, -0.1) is 0 Å². The Labute approximate surface area is 107 Å². The minimum atomic E-state index is -0.645. The molecule has 0 amide bonds. The summed E-state index contributed by atoms with van der Waals surface area (Å²) in [6.45, 7) is 0. The van der Waals surface area contributed by atoms with Gasteiger partial charge in [0, 0.05) is 6.08 Å². The third-order valence-corrected chi connectivity index (χ3v) is 2.64. The summed E-state index contributed by atoms with van der Waals surface area (Å²) in [5, 5.41) is 10.5. The Morgan fingerprint density at radius 1 is 1.16 bits per heavy atom. The number of furan rings is 1. The first-order chi connectivity index (χ1) is 9.15. The number of ketones is 1. The highest BCUT2D eigenvalue weighted by Crippen LogP contribution is 2.31. The highest BCUT2D eigenvalue weighted by molar-refractivity contribution is 6.14. The first kappa shape index (κ1) is 11.2. The quantitative estimate of drug-likeness (QED) is 0.469. The molecule has 19 heavy (non-hydrogen) atoms. The first-order valence-corrected chi connectivity index (χ1v) is 5.42. The van der Waals surface area contributed by atoms with Gasteiger partial charge in [-0.3, -0.25) is 14.9 Å². The average molecular weight is 257 g/mol. The molecule has 6 heteroatoms. The lowest BCUT2D eigenvalue weighted by molar-refractivity contribution is -0.402. The van der Waals surface area contributed by atoms with Crippen LogP contribution in [0.25, 0.3) is 6.08 Å². The lowest BCUT2D eigenvalue weighted by Gasteiger charge is -1.95. The van der Waals surface area contributed by atoms with E-state index < -0.39 is 4.92 Å². The SMILES string of the molecule is O=C1C(=Cc2ccc([N+](=O)[O-])o2)Oc2ccccc21. The van der Waals surface area contributed by atoms with Crippen molar-refractivity contribution in [3.63, 3.8) is 0 Å². The molecule has 2 aromatic rings.